The van der Waals surface area contributed by atoms with Crippen molar-refractivity contribution in [1.82, 2.24) is 18.9 Å². The summed E-state index contributed by atoms with van der Waals surface area (Å²) in [6.07, 6.45) is 7.13. The Morgan fingerprint density at radius 2 is 2.14 bits per heavy atom. The number of thioether (sulfide) groups is 1. The van der Waals surface area contributed by atoms with Gasteiger partial charge in [0, 0.05) is 31.3 Å². The van der Waals surface area contributed by atoms with Gasteiger partial charge in [-0.3, -0.25) is 8.97 Å². The van der Waals surface area contributed by atoms with Gasteiger partial charge in [0.2, 0.25) is 0 Å². The minimum Gasteiger partial charge on any atom is -0.364 e. The lowest BCUT2D eigenvalue weighted by Gasteiger charge is -2.06. The van der Waals surface area contributed by atoms with Crippen LogP contribution >= 0.6 is 11.8 Å². The van der Waals surface area contributed by atoms with E-state index in [2.05, 4.69) is 9.97 Å². The fraction of sp³-hybridized carbons (Fsp3) is 0.214. The lowest BCUT2D eigenvalue weighted by molar-refractivity contribution is 0.126. The molecule has 3 rings (SSSR count). The molecule has 0 aliphatic carbocycles. The molecule has 0 bridgehead atoms. The third-order valence-electron chi connectivity index (χ3n) is 3.15. The maximum absolute atomic E-state index is 12.3. The quantitative estimate of drug-likeness (QED) is 0.544. The van der Waals surface area contributed by atoms with Crippen LogP contribution in [0.1, 0.15) is 0 Å². The SMILES string of the molecule is COCn1ccc2c(-c3ccnc(SC)n3)ccn2c1=O. The van der Waals surface area contributed by atoms with E-state index in [4.69, 9.17) is 4.74 Å². The number of aromatic nitrogens is 4. The van der Waals surface area contributed by atoms with E-state index in [1.165, 1.54) is 16.3 Å². The van der Waals surface area contributed by atoms with Gasteiger partial charge in [-0.2, -0.15) is 0 Å². The topological polar surface area (TPSA) is 61.4 Å². The van der Waals surface area contributed by atoms with Crippen LogP contribution in [0.4, 0.5) is 0 Å². The smallest absolute Gasteiger partial charge is 0.334 e. The Hall–Kier alpha value is -2.12. The van der Waals surface area contributed by atoms with Crippen molar-refractivity contribution in [1.29, 1.82) is 0 Å². The highest BCUT2D eigenvalue weighted by Gasteiger charge is 2.10. The van der Waals surface area contributed by atoms with Gasteiger partial charge in [-0.1, -0.05) is 11.8 Å². The van der Waals surface area contributed by atoms with E-state index in [0.29, 0.717) is 5.16 Å². The van der Waals surface area contributed by atoms with Crippen molar-refractivity contribution in [2.24, 2.45) is 0 Å². The number of ether oxygens (including phenoxy) is 1. The second-order valence-electron chi connectivity index (χ2n) is 4.40. The van der Waals surface area contributed by atoms with Crippen molar-refractivity contribution in [3.05, 3.63) is 47.3 Å². The molecule has 0 atom stereocenters. The standard InChI is InChI=1S/C14H14N4O2S/c1-20-9-17-7-5-12-10(4-8-18(12)14(17)19)11-3-6-15-13(16-11)21-2/h3-8H,9H2,1-2H3. The minimum absolute atomic E-state index is 0.139. The molecule has 7 heteroatoms. The first-order valence-electron chi connectivity index (χ1n) is 6.31. The van der Waals surface area contributed by atoms with Gasteiger partial charge in [0.25, 0.3) is 0 Å². The second kappa shape index (κ2) is 5.71. The molecule has 108 valence electrons. The fourth-order valence-corrected chi connectivity index (χ4v) is 2.54. The molecule has 3 aromatic rings. The molecule has 0 aliphatic heterocycles. The summed E-state index contributed by atoms with van der Waals surface area (Å²) in [4.78, 5) is 20.9. The van der Waals surface area contributed by atoms with Crippen LogP contribution in [0, 0.1) is 0 Å². The van der Waals surface area contributed by atoms with Crippen molar-refractivity contribution < 1.29 is 4.74 Å². The van der Waals surface area contributed by atoms with Crippen molar-refractivity contribution in [3.8, 4) is 11.3 Å². The maximum Gasteiger partial charge on any atom is 0.334 e. The Morgan fingerprint density at radius 1 is 1.29 bits per heavy atom. The third kappa shape index (κ3) is 2.45. The molecular formula is C14H14N4O2S. The molecule has 3 heterocycles. The van der Waals surface area contributed by atoms with E-state index in [1.807, 2.05) is 24.5 Å². The molecule has 0 saturated carbocycles. The molecule has 0 N–H and O–H groups in total. The van der Waals surface area contributed by atoms with Crippen LogP contribution in [-0.4, -0.2) is 32.3 Å². The molecule has 6 nitrogen and oxygen atoms in total. The molecule has 0 unspecified atom stereocenters. The molecule has 0 saturated heterocycles. The van der Waals surface area contributed by atoms with Crippen LogP contribution in [0.25, 0.3) is 16.8 Å². The van der Waals surface area contributed by atoms with Gasteiger partial charge in [-0.05, 0) is 24.5 Å². The number of fused-ring (bicyclic) bond motifs is 1. The predicted octanol–water partition coefficient (Wildman–Crippen LogP) is 1.88. The Kier molecular flexibility index (Phi) is 3.76. The average molecular weight is 302 g/mol. The van der Waals surface area contributed by atoms with Gasteiger partial charge in [0.05, 0.1) is 11.2 Å². The number of rotatable bonds is 4. The van der Waals surface area contributed by atoms with Gasteiger partial charge < -0.3 is 4.74 Å². The van der Waals surface area contributed by atoms with Crippen LogP contribution < -0.4 is 5.69 Å². The molecule has 0 amide bonds. The second-order valence-corrected chi connectivity index (χ2v) is 5.17. The van der Waals surface area contributed by atoms with Gasteiger partial charge in [0.1, 0.15) is 6.73 Å². The summed E-state index contributed by atoms with van der Waals surface area (Å²) in [6.45, 7) is 0.229. The number of methoxy groups -OCH3 is 1. The zero-order chi connectivity index (χ0) is 14.8. The van der Waals surface area contributed by atoms with Gasteiger partial charge in [-0.15, -0.1) is 0 Å². The van der Waals surface area contributed by atoms with Crippen LogP contribution in [0.2, 0.25) is 0 Å². The van der Waals surface area contributed by atoms with Crippen LogP contribution in [0.3, 0.4) is 0 Å². The molecule has 3 aromatic heterocycles. The normalized spacial score (nSPS) is 11.1. The summed E-state index contributed by atoms with van der Waals surface area (Å²) >= 11 is 1.49. The summed E-state index contributed by atoms with van der Waals surface area (Å²) < 4.78 is 8.10. The van der Waals surface area contributed by atoms with E-state index in [1.54, 1.807) is 30.1 Å². The average Bonchev–Trinajstić information content (AvgIpc) is 2.95. The minimum atomic E-state index is -0.139. The molecule has 0 spiro atoms. The maximum atomic E-state index is 12.3. The van der Waals surface area contributed by atoms with Crippen LogP contribution in [0.15, 0.2) is 46.7 Å². The summed E-state index contributed by atoms with van der Waals surface area (Å²) in [5.74, 6) is 0. The lowest BCUT2D eigenvalue weighted by Crippen LogP contribution is -2.25. The first-order valence-corrected chi connectivity index (χ1v) is 7.54. The van der Waals surface area contributed by atoms with Gasteiger partial charge >= 0.3 is 5.69 Å². The highest BCUT2D eigenvalue weighted by Crippen LogP contribution is 2.24. The predicted molar refractivity (Wildman–Crippen MR) is 81.5 cm³/mol. The van der Waals surface area contributed by atoms with Gasteiger partial charge in [-0.25, -0.2) is 14.8 Å². The zero-order valence-electron chi connectivity index (χ0n) is 11.7. The lowest BCUT2D eigenvalue weighted by atomic mass is 10.2. The molecular weight excluding hydrogens is 288 g/mol. The summed E-state index contributed by atoms with van der Waals surface area (Å²) in [5, 5.41) is 0.708. The zero-order valence-corrected chi connectivity index (χ0v) is 12.5. The summed E-state index contributed by atoms with van der Waals surface area (Å²) in [7, 11) is 1.56. The van der Waals surface area contributed by atoms with E-state index < -0.39 is 0 Å². The Bertz CT molecular complexity index is 840. The first kappa shape index (κ1) is 13.8. The highest BCUT2D eigenvalue weighted by molar-refractivity contribution is 7.98. The molecule has 0 fully saturated rings. The molecule has 0 radical (unpaired) electrons. The van der Waals surface area contributed by atoms with Crippen LogP contribution in [-0.2, 0) is 11.5 Å². The Balaban J connectivity index is 2.16. The van der Waals surface area contributed by atoms with Crippen molar-refractivity contribution in [2.75, 3.05) is 13.4 Å². The fourth-order valence-electron chi connectivity index (χ4n) is 2.19. The Labute approximate surface area is 125 Å². The molecule has 21 heavy (non-hydrogen) atoms. The van der Waals surface area contributed by atoms with Gasteiger partial charge in [0.15, 0.2) is 5.16 Å². The highest BCUT2D eigenvalue weighted by atomic mass is 32.2. The monoisotopic (exact) mass is 302 g/mol. The van der Waals surface area contributed by atoms with E-state index in [9.17, 15) is 4.79 Å². The third-order valence-corrected chi connectivity index (χ3v) is 3.71. The first-order chi connectivity index (χ1) is 10.2. The van der Waals surface area contributed by atoms with Crippen LogP contribution in [0.5, 0.6) is 0 Å². The Morgan fingerprint density at radius 3 is 2.90 bits per heavy atom. The number of hydrogen-bond acceptors (Lipinski definition) is 5. The van der Waals surface area contributed by atoms with E-state index >= 15 is 0 Å². The number of hydrogen-bond donors (Lipinski definition) is 0. The summed E-state index contributed by atoms with van der Waals surface area (Å²) in [5.41, 5.74) is 2.40. The van der Waals surface area contributed by atoms with E-state index in [0.717, 1.165) is 16.8 Å². The van der Waals surface area contributed by atoms with Crippen molar-refractivity contribution >= 4 is 17.3 Å². The molecule has 0 aliphatic rings. The molecule has 0 aromatic carbocycles. The summed E-state index contributed by atoms with van der Waals surface area (Å²) in [6, 6.07) is 5.62. The van der Waals surface area contributed by atoms with E-state index in [-0.39, 0.29) is 12.4 Å². The van der Waals surface area contributed by atoms with Crippen molar-refractivity contribution in [2.45, 2.75) is 11.9 Å². The van der Waals surface area contributed by atoms with Crippen molar-refractivity contribution in [3.63, 3.8) is 0 Å². The largest absolute Gasteiger partial charge is 0.364 e. The number of nitrogens with zero attached hydrogens (tertiary/aromatic N) is 4.